The zero-order valence-electron chi connectivity index (χ0n) is 62.4. The predicted octanol–water partition coefficient (Wildman–Crippen LogP) is 29.4. The summed E-state index contributed by atoms with van der Waals surface area (Å²) in [5.41, 5.74) is 30.5. The first kappa shape index (κ1) is 66.9. The first-order chi connectivity index (χ1) is 56.6. The van der Waals surface area contributed by atoms with Gasteiger partial charge >= 0.3 is 0 Å². The van der Waals surface area contributed by atoms with Crippen molar-refractivity contribution in [2.45, 2.75) is 0 Å². The molecule has 0 spiro atoms. The number of hydrogen-bond acceptors (Lipinski definition) is 2. The van der Waals surface area contributed by atoms with E-state index in [0.717, 1.165) is 56.9 Å². The van der Waals surface area contributed by atoms with Crippen molar-refractivity contribution in [3.63, 3.8) is 0 Å². The molecule has 22 rings (SSSR count). The van der Waals surface area contributed by atoms with Gasteiger partial charge in [-0.05, 0) is 214 Å². The molecular weight excluding hydrogens is 1380 g/mol. The van der Waals surface area contributed by atoms with Crippen LogP contribution in [0.3, 0.4) is 0 Å². The number of nitrogens with zero attached hydrogens (tertiary/aromatic N) is 6. The molecule has 6 nitrogen and oxygen atoms in total. The third-order valence-corrected chi connectivity index (χ3v) is 22.6. The number of hydrogen-bond donors (Lipinski definition) is 0. The third-order valence-electron chi connectivity index (χ3n) is 22.6. The predicted molar refractivity (Wildman–Crippen MR) is 481 cm³/mol. The fourth-order valence-corrected chi connectivity index (χ4v) is 17.3. The molecule has 0 radical (unpaired) electrons. The molecule has 114 heavy (non-hydrogen) atoms. The normalized spacial score (nSPS) is 11.5. The topological polar surface area (TPSA) is 26.2 Å². The molecule has 6 heteroatoms. The van der Waals surface area contributed by atoms with Crippen LogP contribution in [-0.2, 0) is 0 Å². The van der Waals surface area contributed by atoms with Gasteiger partial charge < -0.3 is 28.1 Å². The van der Waals surface area contributed by atoms with Gasteiger partial charge in [-0.1, -0.05) is 279 Å². The van der Waals surface area contributed by atoms with Gasteiger partial charge in [-0.2, -0.15) is 0 Å². The SMILES string of the molecule is c1ccc(N(c2ccc(-c3ccc(-n4c5ccccc5c5ccccc54)cc3)cc2)c2ccc(-c3ccc4c5ccccc5n(-c5ccccc5)c4c3)cc2)cc1.c1ccc(N(c2ccc(-c3ccc4c5ccccc5n(-c5ccccc5)c4c3)cc2)c2ccc(-c3ccc4c5ccccc5n(-c5ccccc5)c4c3)cc2)cc1. The van der Waals surface area contributed by atoms with Crippen molar-refractivity contribution in [1.82, 2.24) is 18.3 Å². The van der Waals surface area contributed by atoms with Crippen LogP contribution in [0.1, 0.15) is 0 Å². The molecule has 0 aliphatic heterocycles. The van der Waals surface area contributed by atoms with Crippen LogP contribution in [0, 0.1) is 0 Å². The van der Waals surface area contributed by atoms with Gasteiger partial charge in [-0.15, -0.1) is 0 Å². The standard InChI is InChI=1S/2C54H37N3/c1-4-14-42(15-5-1)55(45-30-24-38(25-31-45)40-28-34-49-47-20-10-12-22-51(47)56(53(49)36-40)43-16-6-2-7-17-43)46-32-26-39(27-33-46)41-29-35-50-48-21-11-13-23-52(48)57(54(50)37-41)44-18-8-3-9-19-44;1-3-13-42(14-4-1)55(44-30-23-38(24-31-44)39-25-34-46(35-26-39)56-51-20-10-7-17-47(51)48-18-8-11-21-52(48)56)45-32-27-40(28-33-45)41-29-36-50-49-19-9-12-22-53(49)57(54(50)37-41)43-15-5-2-6-16-43/h2*1-37H. The number of aromatic nitrogens is 4. The summed E-state index contributed by atoms with van der Waals surface area (Å²) in [6.07, 6.45) is 0. The van der Waals surface area contributed by atoms with Crippen molar-refractivity contribution in [3.8, 4) is 67.3 Å². The molecule has 22 aromatic rings. The van der Waals surface area contributed by atoms with E-state index in [0.29, 0.717) is 0 Å². The summed E-state index contributed by atoms with van der Waals surface area (Å²) in [4.78, 5) is 4.66. The highest BCUT2D eigenvalue weighted by molar-refractivity contribution is 6.13. The molecule has 0 amide bonds. The van der Waals surface area contributed by atoms with Crippen molar-refractivity contribution in [1.29, 1.82) is 0 Å². The van der Waals surface area contributed by atoms with Crippen molar-refractivity contribution in [3.05, 3.63) is 449 Å². The van der Waals surface area contributed by atoms with E-state index in [4.69, 9.17) is 0 Å². The van der Waals surface area contributed by atoms with Crippen LogP contribution in [0.25, 0.3) is 154 Å². The fraction of sp³-hybridized carbons (Fsp3) is 0. The zero-order valence-corrected chi connectivity index (χ0v) is 62.4. The average Bonchev–Trinajstić information content (AvgIpc) is 1.60. The van der Waals surface area contributed by atoms with Gasteiger partial charge in [0, 0.05) is 100.0 Å². The molecule has 536 valence electrons. The van der Waals surface area contributed by atoms with Gasteiger partial charge in [0.25, 0.3) is 0 Å². The van der Waals surface area contributed by atoms with Crippen molar-refractivity contribution < 1.29 is 0 Å². The Bertz CT molecular complexity index is 7020. The molecule has 0 unspecified atom stereocenters. The molecule has 0 aliphatic carbocycles. The zero-order chi connectivity index (χ0) is 75.4. The Morgan fingerprint density at radius 3 is 0.561 bits per heavy atom. The molecule has 0 fully saturated rings. The molecular formula is C108H74N6. The summed E-state index contributed by atoms with van der Waals surface area (Å²) in [5, 5.41) is 10.1. The number of rotatable bonds is 14. The molecule has 0 atom stereocenters. The molecule has 0 aliphatic rings. The van der Waals surface area contributed by atoms with Crippen LogP contribution >= 0.6 is 0 Å². The Kier molecular flexibility index (Phi) is 16.8. The average molecular weight is 1460 g/mol. The minimum Gasteiger partial charge on any atom is -0.311 e. The lowest BCUT2D eigenvalue weighted by Gasteiger charge is -2.26. The second kappa shape index (κ2) is 28.6. The summed E-state index contributed by atoms with van der Waals surface area (Å²) >= 11 is 0. The molecule has 0 saturated heterocycles. The molecule has 4 aromatic heterocycles. The summed E-state index contributed by atoms with van der Waals surface area (Å²) in [7, 11) is 0. The van der Waals surface area contributed by atoms with E-state index in [1.807, 2.05) is 0 Å². The van der Waals surface area contributed by atoms with E-state index in [2.05, 4.69) is 477 Å². The summed E-state index contributed by atoms with van der Waals surface area (Å²) < 4.78 is 9.50. The minimum absolute atomic E-state index is 1.10. The maximum Gasteiger partial charge on any atom is 0.0547 e. The third kappa shape index (κ3) is 11.9. The van der Waals surface area contributed by atoms with Gasteiger partial charge in [0.05, 0.1) is 44.1 Å². The second-order valence-electron chi connectivity index (χ2n) is 29.2. The van der Waals surface area contributed by atoms with E-state index in [1.165, 1.54) is 132 Å². The molecule has 0 N–H and O–H groups in total. The first-order valence-corrected chi connectivity index (χ1v) is 39.0. The van der Waals surface area contributed by atoms with Crippen molar-refractivity contribution in [2.75, 3.05) is 9.80 Å². The van der Waals surface area contributed by atoms with Crippen LogP contribution in [0.2, 0.25) is 0 Å². The minimum atomic E-state index is 1.10. The van der Waals surface area contributed by atoms with Gasteiger partial charge in [-0.25, -0.2) is 0 Å². The molecule has 4 heterocycles. The fourth-order valence-electron chi connectivity index (χ4n) is 17.3. The lowest BCUT2D eigenvalue weighted by molar-refractivity contribution is 1.18. The summed E-state index contributed by atoms with van der Waals surface area (Å²) in [6, 6.07) is 162. The van der Waals surface area contributed by atoms with Crippen LogP contribution in [0.5, 0.6) is 0 Å². The van der Waals surface area contributed by atoms with Crippen LogP contribution < -0.4 is 9.80 Å². The van der Waals surface area contributed by atoms with Crippen molar-refractivity contribution >= 4 is 121 Å². The first-order valence-electron chi connectivity index (χ1n) is 39.0. The Morgan fingerprint density at radius 2 is 0.298 bits per heavy atom. The Balaban J connectivity index is 0.000000143. The highest BCUT2D eigenvalue weighted by Gasteiger charge is 2.21. The highest BCUT2D eigenvalue weighted by Crippen LogP contribution is 2.44. The Hall–Kier alpha value is -15.2. The monoisotopic (exact) mass is 1450 g/mol. The highest BCUT2D eigenvalue weighted by atomic mass is 15.1. The van der Waals surface area contributed by atoms with Gasteiger partial charge in [0.1, 0.15) is 0 Å². The number of fused-ring (bicyclic) bond motifs is 12. The summed E-state index contributed by atoms with van der Waals surface area (Å²) in [6.45, 7) is 0. The Morgan fingerprint density at radius 1 is 0.123 bits per heavy atom. The van der Waals surface area contributed by atoms with Crippen molar-refractivity contribution in [2.24, 2.45) is 0 Å². The quantitative estimate of drug-likeness (QED) is 0.108. The lowest BCUT2D eigenvalue weighted by atomic mass is 10.0. The smallest absolute Gasteiger partial charge is 0.0547 e. The second-order valence-corrected chi connectivity index (χ2v) is 29.2. The van der Waals surface area contributed by atoms with Gasteiger partial charge in [0.15, 0.2) is 0 Å². The van der Waals surface area contributed by atoms with Crippen LogP contribution in [-0.4, -0.2) is 18.3 Å². The largest absolute Gasteiger partial charge is 0.311 e. The number of para-hydroxylation sites is 10. The number of anilines is 6. The van der Waals surface area contributed by atoms with E-state index in [9.17, 15) is 0 Å². The van der Waals surface area contributed by atoms with E-state index >= 15 is 0 Å². The van der Waals surface area contributed by atoms with Crippen LogP contribution in [0.15, 0.2) is 449 Å². The van der Waals surface area contributed by atoms with Gasteiger partial charge in [0.2, 0.25) is 0 Å². The number of benzene rings is 18. The Labute approximate surface area is 661 Å². The van der Waals surface area contributed by atoms with Gasteiger partial charge in [-0.3, -0.25) is 0 Å². The van der Waals surface area contributed by atoms with E-state index < -0.39 is 0 Å². The van der Waals surface area contributed by atoms with E-state index in [1.54, 1.807) is 0 Å². The lowest BCUT2D eigenvalue weighted by Crippen LogP contribution is -2.09. The molecule has 18 aromatic carbocycles. The maximum absolute atomic E-state index is 2.38. The molecule has 0 saturated carbocycles. The van der Waals surface area contributed by atoms with Crippen LogP contribution in [0.4, 0.5) is 34.1 Å². The molecule has 0 bridgehead atoms. The summed E-state index contributed by atoms with van der Waals surface area (Å²) in [5.74, 6) is 0. The van der Waals surface area contributed by atoms with E-state index in [-0.39, 0.29) is 0 Å². The maximum atomic E-state index is 2.38.